The Morgan fingerprint density at radius 1 is 0.833 bits per heavy atom. The predicted octanol–water partition coefficient (Wildman–Crippen LogP) is 5.24. The zero-order valence-electron chi connectivity index (χ0n) is 16.0. The van der Waals surface area contributed by atoms with Gasteiger partial charge in [-0.2, -0.15) is 0 Å². The normalized spacial score (nSPS) is 10.2. The summed E-state index contributed by atoms with van der Waals surface area (Å²) >= 11 is 11.9. The summed E-state index contributed by atoms with van der Waals surface area (Å²) in [5.41, 5.74) is 7.51. The zero-order valence-corrected chi connectivity index (χ0v) is 17.5. The van der Waals surface area contributed by atoms with E-state index in [0.29, 0.717) is 33.7 Å². The highest BCUT2D eigenvalue weighted by atomic mass is 35.5. The van der Waals surface area contributed by atoms with Gasteiger partial charge in [0.1, 0.15) is 18.1 Å². The van der Waals surface area contributed by atoms with E-state index in [0.717, 1.165) is 11.3 Å². The molecule has 0 spiro atoms. The molecule has 30 heavy (non-hydrogen) atoms. The van der Waals surface area contributed by atoms with E-state index in [-0.39, 0.29) is 12.5 Å². The molecule has 5 nitrogen and oxygen atoms in total. The molecule has 0 radical (unpaired) electrons. The number of nitrogens with one attached hydrogen (secondary N) is 2. The van der Waals surface area contributed by atoms with Gasteiger partial charge in [-0.3, -0.25) is 15.6 Å². The fraction of sp³-hybridized carbons (Fsp3) is 0.0870. The lowest BCUT2D eigenvalue weighted by atomic mass is 10.2. The van der Waals surface area contributed by atoms with Crippen LogP contribution in [0.15, 0.2) is 79.4 Å². The van der Waals surface area contributed by atoms with Crippen molar-refractivity contribution < 1.29 is 14.3 Å². The van der Waals surface area contributed by atoms with Crippen molar-refractivity contribution in [1.82, 2.24) is 10.9 Å². The molecule has 3 aromatic carbocycles. The minimum Gasteiger partial charge on any atom is -0.489 e. The summed E-state index contributed by atoms with van der Waals surface area (Å²) in [6.07, 6.45) is 0. The van der Waals surface area contributed by atoms with E-state index >= 15 is 0 Å². The number of carbonyl (C=O) groups is 1. The van der Waals surface area contributed by atoms with E-state index in [9.17, 15) is 4.79 Å². The van der Waals surface area contributed by atoms with Gasteiger partial charge >= 0.3 is 0 Å². The third-order valence-electron chi connectivity index (χ3n) is 4.06. The van der Waals surface area contributed by atoms with E-state index in [2.05, 4.69) is 17.4 Å². The summed E-state index contributed by atoms with van der Waals surface area (Å²) in [6.45, 7) is 4.18. The van der Waals surface area contributed by atoms with Gasteiger partial charge in [0.2, 0.25) is 0 Å². The van der Waals surface area contributed by atoms with Crippen molar-refractivity contribution in [2.45, 2.75) is 6.61 Å². The van der Waals surface area contributed by atoms with E-state index in [1.165, 1.54) is 0 Å². The van der Waals surface area contributed by atoms with Crippen LogP contribution in [0.3, 0.4) is 0 Å². The van der Waals surface area contributed by atoms with Crippen LogP contribution in [0, 0.1) is 0 Å². The second-order valence-corrected chi connectivity index (χ2v) is 7.13. The van der Waals surface area contributed by atoms with Gasteiger partial charge in [0.05, 0.1) is 15.7 Å². The van der Waals surface area contributed by atoms with Gasteiger partial charge in [-0.05, 0) is 42.0 Å². The lowest BCUT2D eigenvalue weighted by molar-refractivity contribution is -0.123. The first-order valence-corrected chi connectivity index (χ1v) is 9.85. The molecule has 0 heterocycles. The van der Waals surface area contributed by atoms with Gasteiger partial charge in [-0.1, -0.05) is 66.2 Å². The molecular weight excluding hydrogens is 423 g/mol. The number of halogens is 2. The summed E-state index contributed by atoms with van der Waals surface area (Å²) in [4.78, 5) is 12.0. The van der Waals surface area contributed by atoms with Crippen LogP contribution in [0.5, 0.6) is 11.5 Å². The average molecular weight is 443 g/mol. The van der Waals surface area contributed by atoms with Crippen LogP contribution < -0.4 is 20.3 Å². The maximum atomic E-state index is 12.0. The molecule has 0 unspecified atom stereocenters. The molecule has 3 rings (SSSR count). The Labute approximate surface area is 185 Å². The largest absolute Gasteiger partial charge is 0.489 e. The standard InChI is InChI=1S/C23H20Cl2N2O3/c1-16(18-7-12-21(24)22(25)13-18)26-27-23(28)15-30-20-10-8-19(9-11-20)29-14-17-5-3-2-4-6-17/h2-13,26H,1,14-15H2,(H,27,28). The third kappa shape index (κ3) is 6.44. The molecular formula is C23H20Cl2N2O3. The van der Waals surface area contributed by atoms with Crippen LogP contribution in [0.1, 0.15) is 11.1 Å². The molecule has 3 aromatic rings. The van der Waals surface area contributed by atoms with Crippen molar-refractivity contribution in [1.29, 1.82) is 0 Å². The van der Waals surface area contributed by atoms with Crippen molar-refractivity contribution in [2.75, 3.05) is 6.61 Å². The topological polar surface area (TPSA) is 59.6 Å². The minimum absolute atomic E-state index is 0.161. The van der Waals surface area contributed by atoms with Crippen molar-refractivity contribution in [3.8, 4) is 11.5 Å². The molecule has 0 aromatic heterocycles. The molecule has 0 saturated carbocycles. The van der Waals surface area contributed by atoms with E-state index in [1.54, 1.807) is 42.5 Å². The Morgan fingerprint density at radius 2 is 1.50 bits per heavy atom. The second kappa shape index (κ2) is 10.6. The quantitative estimate of drug-likeness (QED) is 0.444. The fourth-order valence-electron chi connectivity index (χ4n) is 2.46. The van der Waals surface area contributed by atoms with Crippen LogP contribution in [0.2, 0.25) is 10.0 Å². The Balaban J connectivity index is 1.40. The number of benzene rings is 3. The van der Waals surface area contributed by atoms with Crippen LogP contribution in [0.25, 0.3) is 5.70 Å². The molecule has 7 heteroatoms. The summed E-state index contributed by atoms with van der Waals surface area (Å²) < 4.78 is 11.2. The van der Waals surface area contributed by atoms with Gasteiger partial charge in [0.15, 0.2) is 6.61 Å². The SMILES string of the molecule is C=C(NNC(=O)COc1ccc(OCc2ccccc2)cc1)c1ccc(Cl)c(Cl)c1. The Morgan fingerprint density at radius 3 is 2.17 bits per heavy atom. The Bertz CT molecular complexity index is 1010. The Kier molecular flexibility index (Phi) is 7.60. The van der Waals surface area contributed by atoms with Gasteiger partial charge < -0.3 is 9.47 Å². The lowest BCUT2D eigenvalue weighted by Gasteiger charge is -2.12. The first kappa shape index (κ1) is 21.6. The number of hydrazine groups is 1. The van der Waals surface area contributed by atoms with E-state index in [1.807, 2.05) is 30.3 Å². The van der Waals surface area contributed by atoms with Gasteiger partial charge in [-0.15, -0.1) is 0 Å². The zero-order chi connectivity index (χ0) is 21.3. The van der Waals surface area contributed by atoms with Crippen molar-refractivity contribution in [3.05, 3.63) is 101 Å². The predicted molar refractivity (Wildman–Crippen MR) is 119 cm³/mol. The fourth-order valence-corrected chi connectivity index (χ4v) is 2.76. The van der Waals surface area contributed by atoms with Crippen molar-refractivity contribution in [3.63, 3.8) is 0 Å². The van der Waals surface area contributed by atoms with Gasteiger partial charge in [0, 0.05) is 5.56 Å². The van der Waals surface area contributed by atoms with Crippen molar-refractivity contribution >= 4 is 34.8 Å². The van der Waals surface area contributed by atoms with Crippen LogP contribution >= 0.6 is 23.2 Å². The van der Waals surface area contributed by atoms with Gasteiger partial charge in [0.25, 0.3) is 5.91 Å². The lowest BCUT2D eigenvalue weighted by Crippen LogP contribution is -2.38. The monoisotopic (exact) mass is 442 g/mol. The number of carbonyl (C=O) groups excluding carboxylic acids is 1. The maximum absolute atomic E-state index is 12.0. The Hall–Kier alpha value is -3.15. The molecule has 154 valence electrons. The highest BCUT2D eigenvalue weighted by molar-refractivity contribution is 6.42. The molecule has 0 aliphatic heterocycles. The minimum atomic E-state index is -0.361. The molecule has 0 saturated heterocycles. The smallest absolute Gasteiger partial charge is 0.276 e. The molecule has 0 fully saturated rings. The number of hydrogen-bond donors (Lipinski definition) is 2. The van der Waals surface area contributed by atoms with Crippen LogP contribution in [0.4, 0.5) is 0 Å². The first-order chi connectivity index (χ1) is 14.5. The summed E-state index contributed by atoms with van der Waals surface area (Å²) in [7, 11) is 0. The maximum Gasteiger partial charge on any atom is 0.276 e. The first-order valence-electron chi connectivity index (χ1n) is 9.10. The average Bonchev–Trinajstić information content (AvgIpc) is 2.78. The van der Waals surface area contributed by atoms with E-state index < -0.39 is 0 Å². The number of amides is 1. The summed E-state index contributed by atoms with van der Waals surface area (Å²) in [5.74, 6) is 0.913. The van der Waals surface area contributed by atoms with Crippen LogP contribution in [-0.2, 0) is 11.4 Å². The van der Waals surface area contributed by atoms with E-state index in [4.69, 9.17) is 32.7 Å². The molecule has 0 atom stereocenters. The van der Waals surface area contributed by atoms with Crippen LogP contribution in [-0.4, -0.2) is 12.5 Å². The molecule has 1 amide bonds. The molecule has 0 bridgehead atoms. The molecule has 0 aliphatic carbocycles. The number of rotatable bonds is 9. The van der Waals surface area contributed by atoms with Crippen molar-refractivity contribution in [2.24, 2.45) is 0 Å². The summed E-state index contributed by atoms with van der Waals surface area (Å²) in [5, 5.41) is 0.852. The molecule has 2 N–H and O–H groups in total. The van der Waals surface area contributed by atoms with Gasteiger partial charge in [-0.25, -0.2) is 0 Å². The summed E-state index contributed by atoms with van der Waals surface area (Å²) in [6, 6.07) is 22.0. The third-order valence-corrected chi connectivity index (χ3v) is 4.80. The second-order valence-electron chi connectivity index (χ2n) is 6.31. The number of ether oxygens (including phenoxy) is 2. The molecule has 0 aliphatic rings. The highest BCUT2D eigenvalue weighted by Gasteiger charge is 2.06. The highest BCUT2D eigenvalue weighted by Crippen LogP contribution is 2.24. The number of hydrogen-bond acceptors (Lipinski definition) is 4.